The Morgan fingerprint density at radius 2 is 2.18 bits per heavy atom. The second-order valence-corrected chi connectivity index (χ2v) is 4.53. The zero-order valence-electron chi connectivity index (χ0n) is 10.8. The van der Waals surface area contributed by atoms with Gasteiger partial charge in [-0.25, -0.2) is 9.97 Å². The molecule has 17 heavy (non-hydrogen) atoms. The van der Waals surface area contributed by atoms with Gasteiger partial charge in [0.15, 0.2) is 0 Å². The van der Waals surface area contributed by atoms with Crippen molar-refractivity contribution >= 4 is 11.6 Å². The van der Waals surface area contributed by atoms with E-state index >= 15 is 0 Å². The van der Waals surface area contributed by atoms with Gasteiger partial charge in [-0.05, 0) is 12.3 Å². The molecule has 0 fully saturated rings. The largest absolute Gasteiger partial charge is 0.396 e. The molecule has 0 aliphatic heterocycles. The van der Waals surface area contributed by atoms with Gasteiger partial charge in [0, 0.05) is 32.8 Å². The van der Waals surface area contributed by atoms with Gasteiger partial charge in [0.2, 0.25) is 0 Å². The predicted molar refractivity (Wildman–Crippen MR) is 70.3 cm³/mol. The summed E-state index contributed by atoms with van der Waals surface area (Å²) in [6, 6.07) is 1.93. The molecule has 1 aromatic rings. The summed E-state index contributed by atoms with van der Waals surface area (Å²) in [5, 5.41) is 12.1. The first-order chi connectivity index (χ1) is 8.13. The van der Waals surface area contributed by atoms with E-state index in [1.807, 2.05) is 18.0 Å². The number of aliphatic hydroxyl groups excluding tert-OH is 1. The van der Waals surface area contributed by atoms with Gasteiger partial charge in [-0.1, -0.05) is 13.8 Å². The zero-order chi connectivity index (χ0) is 12.7. The predicted octanol–water partition coefficient (Wildman–Crippen LogP) is 1.36. The van der Waals surface area contributed by atoms with Gasteiger partial charge in [-0.3, -0.25) is 0 Å². The van der Waals surface area contributed by atoms with Crippen molar-refractivity contribution in [1.82, 2.24) is 9.97 Å². The van der Waals surface area contributed by atoms with Crippen molar-refractivity contribution in [2.45, 2.75) is 20.3 Å². The van der Waals surface area contributed by atoms with Gasteiger partial charge in [-0.2, -0.15) is 0 Å². The van der Waals surface area contributed by atoms with Crippen LogP contribution in [0.5, 0.6) is 0 Å². The summed E-state index contributed by atoms with van der Waals surface area (Å²) in [6.45, 7) is 6.20. The average Bonchev–Trinajstić information content (AvgIpc) is 2.33. The first-order valence-corrected chi connectivity index (χ1v) is 6.01. The Kier molecular flexibility index (Phi) is 5.69. The number of aromatic nitrogens is 2. The lowest BCUT2D eigenvalue weighted by molar-refractivity contribution is 0.290. The Morgan fingerprint density at radius 1 is 1.41 bits per heavy atom. The molecule has 1 aromatic heterocycles. The number of aliphatic hydroxyl groups is 1. The van der Waals surface area contributed by atoms with Crippen molar-refractivity contribution in [2.24, 2.45) is 5.92 Å². The van der Waals surface area contributed by atoms with Crippen molar-refractivity contribution in [1.29, 1.82) is 0 Å². The fraction of sp³-hybridized carbons (Fsp3) is 0.667. The topological polar surface area (TPSA) is 61.3 Å². The average molecular weight is 238 g/mol. The lowest BCUT2D eigenvalue weighted by Crippen LogP contribution is -2.21. The molecule has 1 heterocycles. The van der Waals surface area contributed by atoms with Gasteiger partial charge >= 0.3 is 0 Å². The summed E-state index contributed by atoms with van der Waals surface area (Å²) < 4.78 is 0. The molecule has 0 atom stereocenters. The van der Waals surface area contributed by atoms with E-state index in [1.165, 1.54) is 0 Å². The summed E-state index contributed by atoms with van der Waals surface area (Å²) in [5.41, 5.74) is 0. The molecule has 5 nitrogen and oxygen atoms in total. The van der Waals surface area contributed by atoms with Crippen LogP contribution in [0.15, 0.2) is 12.4 Å². The van der Waals surface area contributed by atoms with E-state index in [9.17, 15) is 0 Å². The van der Waals surface area contributed by atoms with Crippen molar-refractivity contribution in [3.05, 3.63) is 12.4 Å². The Bertz CT molecular complexity index is 330. The van der Waals surface area contributed by atoms with Gasteiger partial charge in [0.25, 0.3) is 0 Å². The number of hydrogen-bond donors (Lipinski definition) is 2. The molecule has 0 radical (unpaired) electrons. The molecule has 1 rings (SSSR count). The Morgan fingerprint density at radius 3 is 2.82 bits per heavy atom. The number of nitrogens with zero attached hydrogens (tertiary/aromatic N) is 3. The van der Waals surface area contributed by atoms with Gasteiger partial charge in [0.05, 0.1) is 0 Å². The molecule has 0 aromatic carbocycles. The fourth-order valence-electron chi connectivity index (χ4n) is 1.38. The number of rotatable bonds is 7. The van der Waals surface area contributed by atoms with Crippen LogP contribution in [0.4, 0.5) is 11.6 Å². The Hall–Kier alpha value is -1.36. The summed E-state index contributed by atoms with van der Waals surface area (Å²) in [5.74, 6) is 2.31. The molecular formula is C12H22N4O. The van der Waals surface area contributed by atoms with Crippen LogP contribution in [0.3, 0.4) is 0 Å². The van der Waals surface area contributed by atoms with Crippen molar-refractivity contribution in [2.75, 3.05) is 37.0 Å². The van der Waals surface area contributed by atoms with Crippen LogP contribution in [0, 0.1) is 5.92 Å². The molecule has 96 valence electrons. The van der Waals surface area contributed by atoms with Crippen molar-refractivity contribution < 1.29 is 5.11 Å². The van der Waals surface area contributed by atoms with E-state index < -0.39 is 0 Å². The number of hydrogen-bond acceptors (Lipinski definition) is 5. The minimum atomic E-state index is 0.202. The van der Waals surface area contributed by atoms with Crippen LogP contribution in [0.2, 0.25) is 0 Å². The van der Waals surface area contributed by atoms with E-state index in [0.29, 0.717) is 5.92 Å². The SMILES string of the molecule is CC(C)CNc1cc(N(C)CCCO)ncn1. The minimum Gasteiger partial charge on any atom is -0.396 e. The normalized spacial score (nSPS) is 10.6. The second kappa shape index (κ2) is 7.06. The third-order valence-corrected chi connectivity index (χ3v) is 2.39. The van der Waals surface area contributed by atoms with E-state index in [0.717, 1.165) is 31.1 Å². The maximum Gasteiger partial charge on any atom is 0.133 e. The first kappa shape index (κ1) is 13.7. The molecule has 0 amide bonds. The zero-order valence-corrected chi connectivity index (χ0v) is 10.8. The highest BCUT2D eigenvalue weighted by atomic mass is 16.3. The third kappa shape index (κ3) is 4.99. The van der Waals surface area contributed by atoms with Crippen molar-refractivity contribution in [3.63, 3.8) is 0 Å². The van der Waals surface area contributed by atoms with Crippen LogP contribution in [0.1, 0.15) is 20.3 Å². The highest BCUT2D eigenvalue weighted by Crippen LogP contribution is 2.13. The molecule has 0 saturated carbocycles. The molecule has 0 bridgehead atoms. The quantitative estimate of drug-likeness (QED) is 0.751. The van der Waals surface area contributed by atoms with Crippen LogP contribution in [0.25, 0.3) is 0 Å². The van der Waals surface area contributed by atoms with Crippen LogP contribution >= 0.6 is 0 Å². The van der Waals surface area contributed by atoms with Crippen LogP contribution in [-0.4, -0.2) is 41.8 Å². The lowest BCUT2D eigenvalue weighted by Gasteiger charge is -2.18. The van der Waals surface area contributed by atoms with E-state index in [4.69, 9.17) is 5.11 Å². The molecule has 2 N–H and O–H groups in total. The molecule has 0 aliphatic carbocycles. The van der Waals surface area contributed by atoms with Crippen molar-refractivity contribution in [3.8, 4) is 0 Å². The van der Waals surface area contributed by atoms with Crippen LogP contribution < -0.4 is 10.2 Å². The van der Waals surface area contributed by atoms with Gasteiger partial charge < -0.3 is 15.3 Å². The maximum atomic E-state index is 8.79. The molecule has 0 aliphatic rings. The molecular weight excluding hydrogens is 216 g/mol. The number of nitrogens with one attached hydrogen (secondary N) is 1. The summed E-state index contributed by atoms with van der Waals surface area (Å²) in [4.78, 5) is 10.4. The molecule has 0 unspecified atom stereocenters. The van der Waals surface area contributed by atoms with Gasteiger partial charge in [-0.15, -0.1) is 0 Å². The van der Waals surface area contributed by atoms with Crippen LogP contribution in [-0.2, 0) is 0 Å². The second-order valence-electron chi connectivity index (χ2n) is 4.53. The Labute approximate surface area is 103 Å². The highest BCUT2D eigenvalue weighted by Gasteiger charge is 2.04. The molecule has 0 saturated heterocycles. The monoisotopic (exact) mass is 238 g/mol. The van der Waals surface area contributed by atoms with E-state index in [-0.39, 0.29) is 6.61 Å². The fourth-order valence-corrected chi connectivity index (χ4v) is 1.38. The standard InChI is InChI=1S/C12H22N4O/c1-10(2)8-13-11-7-12(15-9-14-11)16(3)5-4-6-17/h7,9-10,17H,4-6,8H2,1-3H3,(H,13,14,15). The first-order valence-electron chi connectivity index (χ1n) is 6.01. The molecule has 0 spiro atoms. The Balaban J connectivity index is 2.58. The molecule has 5 heteroatoms. The maximum absolute atomic E-state index is 8.79. The smallest absolute Gasteiger partial charge is 0.133 e. The number of anilines is 2. The summed E-state index contributed by atoms with van der Waals surface area (Å²) in [6.07, 6.45) is 2.31. The summed E-state index contributed by atoms with van der Waals surface area (Å²) in [7, 11) is 1.96. The lowest BCUT2D eigenvalue weighted by atomic mass is 10.2. The minimum absolute atomic E-state index is 0.202. The highest BCUT2D eigenvalue weighted by molar-refractivity contribution is 5.47. The van der Waals surface area contributed by atoms with E-state index in [2.05, 4.69) is 29.1 Å². The third-order valence-electron chi connectivity index (χ3n) is 2.39. The summed E-state index contributed by atoms with van der Waals surface area (Å²) >= 11 is 0. The van der Waals surface area contributed by atoms with E-state index in [1.54, 1.807) is 6.33 Å². The van der Waals surface area contributed by atoms with Gasteiger partial charge in [0.1, 0.15) is 18.0 Å².